The monoisotopic (exact) mass is 277 g/mol. The second-order valence-electron chi connectivity index (χ2n) is 5.42. The quantitative estimate of drug-likeness (QED) is 0.668. The van der Waals surface area contributed by atoms with Crippen LogP contribution in [0.4, 0.5) is 0 Å². The van der Waals surface area contributed by atoms with Crippen molar-refractivity contribution in [3.63, 3.8) is 0 Å². The van der Waals surface area contributed by atoms with Gasteiger partial charge >= 0.3 is 0 Å². The Bertz CT molecular complexity index is 415. The third-order valence-electron chi connectivity index (χ3n) is 3.51. The van der Waals surface area contributed by atoms with Gasteiger partial charge in [0.25, 0.3) is 0 Å². The van der Waals surface area contributed by atoms with E-state index in [1.165, 1.54) is 25.7 Å². The van der Waals surface area contributed by atoms with Crippen LogP contribution in [0.5, 0.6) is 5.75 Å². The molecule has 0 radical (unpaired) electrons. The van der Waals surface area contributed by atoms with Gasteiger partial charge in [-0.25, -0.2) is 0 Å². The first kappa shape index (κ1) is 16.5. The summed E-state index contributed by atoms with van der Waals surface area (Å²) in [5.41, 5.74) is 1.87. The summed E-state index contributed by atoms with van der Waals surface area (Å²) >= 11 is 0. The van der Waals surface area contributed by atoms with Crippen molar-refractivity contribution in [1.82, 2.24) is 5.32 Å². The van der Waals surface area contributed by atoms with Crippen molar-refractivity contribution in [2.45, 2.75) is 65.3 Å². The zero-order valence-electron chi connectivity index (χ0n) is 12.7. The van der Waals surface area contributed by atoms with Gasteiger partial charge in [-0.1, -0.05) is 51.2 Å². The molecular weight excluding hydrogens is 250 g/mol. The van der Waals surface area contributed by atoms with Crippen molar-refractivity contribution in [1.29, 1.82) is 0 Å². The smallest absolute Gasteiger partial charge is 0.220 e. The number of carbonyl (C=O) groups is 1. The minimum absolute atomic E-state index is 0.117. The van der Waals surface area contributed by atoms with Gasteiger partial charge in [0.05, 0.1) is 0 Å². The molecule has 20 heavy (non-hydrogen) atoms. The van der Waals surface area contributed by atoms with Crippen LogP contribution in [-0.4, -0.2) is 11.0 Å². The van der Waals surface area contributed by atoms with Crippen molar-refractivity contribution in [3.8, 4) is 5.75 Å². The third-order valence-corrected chi connectivity index (χ3v) is 3.51. The first-order valence-electron chi connectivity index (χ1n) is 7.68. The maximum Gasteiger partial charge on any atom is 0.220 e. The van der Waals surface area contributed by atoms with E-state index in [1.807, 2.05) is 19.1 Å². The molecular formula is C17H27NO2. The largest absolute Gasteiger partial charge is 0.508 e. The Hall–Kier alpha value is -1.51. The van der Waals surface area contributed by atoms with E-state index in [0.29, 0.717) is 18.7 Å². The fraction of sp³-hybridized carbons (Fsp3) is 0.588. The van der Waals surface area contributed by atoms with Crippen molar-refractivity contribution in [3.05, 3.63) is 29.3 Å². The van der Waals surface area contributed by atoms with Crippen LogP contribution in [0.1, 0.15) is 63.0 Å². The Morgan fingerprint density at radius 1 is 1.15 bits per heavy atom. The van der Waals surface area contributed by atoms with E-state index in [9.17, 15) is 9.90 Å². The Morgan fingerprint density at radius 3 is 2.55 bits per heavy atom. The molecule has 3 heteroatoms. The van der Waals surface area contributed by atoms with E-state index in [1.54, 1.807) is 6.07 Å². The van der Waals surface area contributed by atoms with Crippen molar-refractivity contribution in [2.24, 2.45) is 0 Å². The molecule has 0 aliphatic rings. The highest BCUT2D eigenvalue weighted by molar-refractivity contribution is 5.75. The molecule has 1 rings (SSSR count). The van der Waals surface area contributed by atoms with Gasteiger partial charge < -0.3 is 10.4 Å². The zero-order chi connectivity index (χ0) is 14.8. The number of carbonyl (C=O) groups excluding carboxylic acids is 1. The van der Waals surface area contributed by atoms with Gasteiger partial charge in [-0.3, -0.25) is 4.79 Å². The lowest BCUT2D eigenvalue weighted by Gasteiger charge is -2.07. The number of amides is 1. The van der Waals surface area contributed by atoms with E-state index in [4.69, 9.17) is 0 Å². The molecule has 112 valence electrons. The Labute approximate surface area is 122 Å². The summed E-state index contributed by atoms with van der Waals surface area (Å²) in [6.07, 6.45) is 7.81. The number of nitrogens with one attached hydrogen (secondary N) is 1. The molecule has 0 bridgehead atoms. The van der Waals surface area contributed by atoms with E-state index in [0.717, 1.165) is 24.0 Å². The molecule has 1 amide bonds. The van der Waals surface area contributed by atoms with Gasteiger partial charge in [0.1, 0.15) is 5.75 Å². The molecule has 1 aromatic carbocycles. The third kappa shape index (κ3) is 6.60. The van der Waals surface area contributed by atoms with Gasteiger partial charge in [0.15, 0.2) is 0 Å². The number of phenols is 1. The fourth-order valence-corrected chi connectivity index (χ4v) is 2.18. The maximum atomic E-state index is 11.7. The molecule has 0 heterocycles. The standard InChI is InChI=1S/C17H27NO2/c1-3-4-5-6-7-8-9-17(20)18-13-15-10-11-16(19)14(2)12-15/h10-12,19H,3-9,13H2,1-2H3,(H,18,20). The van der Waals surface area contributed by atoms with Crippen LogP contribution >= 0.6 is 0 Å². The highest BCUT2D eigenvalue weighted by atomic mass is 16.3. The summed E-state index contributed by atoms with van der Waals surface area (Å²) in [6, 6.07) is 5.41. The average Bonchev–Trinajstić information content (AvgIpc) is 2.44. The van der Waals surface area contributed by atoms with E-state index in [2.05, 4.69) is 12.2 Å². The summed E-state index contributed by atoms with van der Waals surface area (Å²) in [5, 5.41) is 12.4. The van der Waals surface area contributed by atoms with Gasteiger partial charge in [0.2, 0.25) is 5.91 Å². The first-order valence-corrected chi connectivity index (χ1v) is 7.68. The number of aromatic hydroxyl groups is 1. The van der Waals surface area contributed by atoms with Crippen LogP contribution in [0.25, 0.3) is 0 Å². The van der Waals surface area contributed by atoms with Crippen LogP contribution in [-0.2, 0) is 11.3 Å². The molecule has 0 aliphatic heterocycles. The number of benzene rings is 1. The molecule has 2 N–H and O–H groups in total. The topological polar surface area (TPSA) is 49.3 Å². The van der Waals surface area contributed by atoms with Gasteiger partial charge in [-0.15, -0.1) is 0 Å². The van der Waals surface area contributed by atoms with Gasteiger partial charge in [-0.2, -0.15) is 0 Å². The van der Waals surface area contributed by atoms with Crippen LogP contribution in [0.3, 0.4) is 0 Å². The highest BCUT2D eigenvalue weighted by Crippen LogP contribution is 2.16. The second-order valence-corrected chi connectivity index (χ2v) is 5.42. The molecule has 0 aromatic heterocycles. The molecule has 0 fully saturated rings. The summed E-state index contributed by atoms with van der Waals surface area (Å²) in [6.45, 7) is 4.60. The van der Waals surface area contributed by atoms with E-state index < -0.39 is 0 Å². The number of phenolic OH excluding ortho intramolecular Hbond substituents is 1. The minimum Gasteiger partial charge on any atom is -0.508 e. The van der Waals surface area contributed by atoms with Gasteiger partial charge in [-0.05, 0) is 30.5 Å². The SMILES string of the molecule is CCCCCCCCC(=O)NCc1ccc(O)c(C)c1. The summed E-state index contributed by atoms with van der Waals surface area (Å²) in [7, 11) is 0. The molecule has 1 aromatic rings. The normalized spacial score (nSPS) is 10.5. The molecule has 0 unspecified atom stereocenters. The lowest BCUT2D eigenvalue weighted by molar-refractivity contribution is -0.121. The summed E-state index contributed by atoms with van der Waals surface area (Å²) in [4.78, 5) is 11.7. The lowest BCUT2D eigenvalue weighted by Crippen LogP contribution is -2.22. The van der Waals surface area contributed by atoms with Crippen molar-refractivity contribution < 1.29 is 9.90 Å². The minimum atomic E-state index is 0.117. The summed E-state index contributed by atoms with van der Waals surface area (Å²) in [5.74, 6) is 0.415. The first-order chi connectivity index (χ1) is 9.63. The number of unbranched alkanes of at least 4 members (excludes halogenated alkanes) is 5. The predicted molar refractivity (Wildman–Crippen MR) is 82.7 cm³/mol. The maximum absolute atomic E-state index is 11.7. The number of hydrogen-bond acceptors (Lipinski definition) is 2. The highest BCUT2D eigenvalue weighted by Gasteiger charge is 2.02. The lowest BCUT2D eigenvalue weighted by atomic mass is 10.1. The average molecular weight is 277 g/mol. The van der Waals surface area contributed by atoms with E-state index >= 15 is 0 Å². The molecule has 0 spiro atoms. The number of rotatable bonds is 9. The van der Waals surface area contributed by atoms with Crippen molar-refractivity contribution in [2.75, 3.05) is 0 Å². The van der Waals surface area contributed by atoms with Crippen LogP contribution < -0.4 is 5.32 Å². The molecule has 0 saturated heterocycles. The zero-order valence-corrected chi connectivity index (χ0v) is 12.7. The molecule has 0 atom stereocenters. The number of hydrogen-bond donors (Lipinski definition) is 2. The Balaban J connectivity index is 2.15. The predicted octanol–water partition coefficient (Wildman–Crippen LogP) is 4.07. The van der Waals surface area contributed by atoms with Gasteiger partial charge in [0, 0.05) is 13.0 Å². The molecule has 0 saturated carbocycles. The molecule has 0 aliphatic carbocycles. The Kier molecular flexibility index (Phi) is 7.78. The Morgan fingerprint density at radius 2 is 1.85 bits per heavy atom. The number of aryl methyl sites for hydroxylation is 1. The second kappa shape index (κ2) is 9.40. The van der Waals surface area contributed by atoms with Crippen molar-refractivity contribution >= 4 is 5.91 Å². The fourth-order valence-electron chi connectivity index (χ4n) is 2.18. The summed E-state index contributed by atoms with van der Waals surface area (Å²) < 4.78 is 0. The van der Waals surface area contributed by atoms with Crippen LogP contribution in [0, 0.1) is 6.92 Å². The molecule has 3 nitrogen and oxygen atoms in total. The van der Waals surface area contributed by atoms with Crippen LogP contribution in [0.2, 0.25) is 0 Å². The van der Waals surface area contributed by atoms with E-state index in [-0.39, 0.29) is 5.91 Å². The van der Waals surface area contributed by atoms with Crippen LogP contribution in [0.15, 0.2) is 18.2 Å².